The number of hydrogen-bond donors (Lipinski definition) is 2. The van der Waals surface area contributed by atoms with Crippen LogP contribution in [0.15, 0.2) is 24.3 Å². The summed E-state index contributed by atoms with van der Waals surface area (Å²) in [6.45, 7) is 0.105. The van der Waals surface area contributed by atoms with Gasteiger partial charge >= 0.3 is 0 Å². The monoisotopic (exact) mass is 250 g/mol. The normalized spacial score (nSPS) is 28.1. The number of rotatable bonds is 4. The number of aliphatic hydroxyl groups is 2. The molecule has 2 rings (SSSR count). The summed E-state index contributed by atoms with van der Waals surface area (Å²) in [6, 6.07) is 7.89. The van der Waals surface area contributed by atoms with Gasteiger partial charge in [-0.1, -0.05) is 25.0 Å². The van der Waals surface area contributed by atoms with Gasteiger partial charge in [0.15, 0.2) is 0 Å². The molecule has 18 heavy (non-hydrogen) atoms. The summed E-state index contributed by atoms with van der Waals surface area (Å²) in [5.41, 5.74) is 0.782. The van der Waals surface area contributed by atoms with Crippen LogP contribution < -0.4 is 4.74 Å². The van der Waals surface area contributed by atoms with Crippen LogP contribution in [0.3, 0.4) is 0 Å². The highest BCUT2D eigenvalue weighted by Crippen LogP contribution is 2.43. The topological polar surface area (TPSA) is 49.7 Å². The van der Waals surface area contributed by atoms with Crippen LogP contribution in [0.4, 0.5) is 0 Å². The zero-order chi connectivity index (χ0) is 13.0. The lowest BCUT2D eigenvalue weighted by molar-refractivity contribution is 0.0261. The number of hydrogen-bond acceptors (Lipinski definition) is 3. The third-order valence-corrected chi connectivity index (χ3v) is 4.19. The fourth-order valence-corrected chi connectivity index (χ4v) is 3.13. The number of ether oxygens (including phenoxy) is 1. The number of benzene rings is 1. The number of aliphatic hydroxyl groups excluding tert-OH is 2. The van der Waals surface area contributed by atoms with E-state index in [2.05, 4.69) is 0 Å². The van der Waals surface area contributed by atoms with Gasteiger partial charge in [0.1, 0.15) is 5.75 Å². The van der Waals surface area contributed by atoms with Gasteiger partial charge in [-0.15, -0.1) is 0 Å². The van der Waals surface area contributed by atoms with Crippen molar-refractivity contribution in [1.82, 2.24) is 0 Å². The predicted octanol–water partition coefficient (Wildman–Crippen LogP) is 2.25. The second-order valence-corrected chi connectivity index (χ2v) is 5.12. The lowest BCUT2D eigenvalue weighted by Gasteiger charge is -2.42. The lowest BCUT2D eigenvalue weighted by atomic mass is 9.65. The maximum absolute atomic E-state index is 10.4. The van der Waals surface area contributed by atoms with Crippen LogP contribution in [-0.2, 0) is 5.41 Å². The summed E-state index contributed by atoms with van der Waals surface area (Å²) in [5.74, 6) is 0.808. The van der Waals surface area contributed by atoms with E-state index >= 15 is 0 Å². The summed E-state index contributed by atoms with van der Waals surface area (Å²) >= 11 is 0. The van der Waals surface area contributed by atoms with Crippen molar-refractivity contribution in [2.24, 2.45) is 0 Å². The first-order valence-corrected chi connectivity index (χ1v) is 6.66. The zero-order valence-corrected chi connectivity index (χ0v) is 10.9. The molecule has 0 heterocycles. The van der Waals surface area contributed by atoms with E-state index in [9.17, 15) is 10.2 Å². The van der Waals surface area contributed by atoms with Crippen molar-refractivity contribution in [3.8, 4) is 5.75 Å². The Hall–Kier alpha value is -1.06. The summed E-state index contributed by atoms with van der Waals surface area (Å²) < 4.78 is 5.26. The average molecular weight is 250 g/mol. The van der Waals surface area contributed by atoms with E-state index in [0.717, 1.165) is 37.0 Å². The molecule has 0 bridgehead atoms. The molecule has 2 N–H and O–H groups in total. The van der Waals surface area contributed by atoms with Gasteiger partial charge in [0, 0.05) is 12.0 Å². The zero-order valence-electron chi connectivity index (χ0n) is 10.9. The molecule has 0 aromatic heterocycles. The second kappa shape index (κ2) is 5.72. The largest absolute Gasteiger partial charge is 0.497 e. The van der Waals surface area contributed by atoms with Gasteiger partial charge in [-0.05, 0) is 37.0 Å². The maximum Gasteiger partial charge on any atom is 0.119 e. The third kappa shape index (κ3) is 2.38. The van der Waals surface area contributed by atoms with Crippen LogP contribution in [0, 0.1) is 0 Å². The van der Waals surface area contributed by atoms with Crippen molar-refractivity contribution in [1.29, 1.82) is 0 Å². The fraction of sp³-hybridized carbons (Fsp3) is 0.600. The van der Waals surface area contributed by atoms with Crippen LogP contribution in [0.5, 0.6) is 5.75 Å². The SMILES string of the molecule is COc1cccc([C@@]2(CCO)CCCC[C@@H]2O)c1. The van der Waals surface area contributed by atoms with Crippen molar-refractivity contribution >= 4 is 0 Å². The van der Waals surface area contributed by atoms with E-state index in [1.54, 1.807) is 7.11 Å². The molecule has 1 aliphatic carbocycles. The molecule has 0 radical (unpaired) electrons. The molecule has 1 fully saturated rings. The van der Waals surface area contributed by atoms with Gasteiger partial charge in [-0.2, -0.15) is 0 Å². The molecule has 100 valence electrons. The van der Waals surface area contributed by atoms with Gasteiger partial charge in [-0.25, -0.2) is 0 Å². The van der Waals surface area contributed by atoms with Crippen molar-refractivity contribution in [3.05, 3.63) is 29.8 Å². The molecule has 2 atom stereocenters. The van der Waals surface area contributed by atoms with E-state index in [1.165, 1.54) is 0 Å². The first-order chi connectivity index (χ1) is 8.73. The highest BCUT2D eigenvalue weighted by molar-refractivity contribution is 5.35. The molecule has 1 aromatic carbocycles. The Morgan fingerprint density at radius 3 is 2.89 bits per heavy atom. The van der Waals surface area contributed by atoms with E-state index in [1.807, 2.05) is 24.3 Å². The Kier molecular flexibility index (Phi) is 4.25. The molecule has 3 heteroatoms. The minimum absolute atomic E-state index is 0.105. The maximum atomic E-state index is 10.4. The standard InChI is InChI=1S/C15H22O3/c1-18-13-6-4-5-12(11-13)15(9-10-16)8-3-2-7-14(15)17/h4-6,11,14,16-17H,2-3,7-10H2,1H3/t14-,15-/m0/s1. The molecule has 0 spiro atoms. The molecule has 0 unspecified atom stereocenters. The van der Waals surface area contributed by atoms with Crippen LogP contribution in [0.25, 0.3) is 0 Å². The summed E-state index contributed by atoms with van der Waals surface area (Å²) in [6.07, 6.45) is 4.16. The second-order valence-electron chi connectivity index (χ2n) is 5.12. The van der Waals surface area contributed by atoms with Crippen molar-refractivity contribution in [3.63, 3.8) is 0 Å². The molecular weight excluding hydrogens is 228 g/mol. The fourth-order valence-electron chi connectivity index (χ4n) is 3.13. The van der Waals surface area contributed by atoms with E-state index < -0.39 is 0 Å². The quantitative estimate of drug-likeness (QED) is 0.861. The van der Waals surface area contributed by atoms with Gasteiger partial charge < -0.3 is 14.9 Å². The van der Waals surface area contributed by atoms with Crippen LogP contribution >= 0.6 is 0 Å². The molecule has 0 amide bonds. The predicted molar refractivity (Wildman–Crippen MR) is 70.8 cm³/mol. The van der Waals surface area contributed by atoms with Crippen molar-refractivity contribution in [2.75, 3.05) is 13.7 Å². The Morgan fingerprint density at radius 1 is 1.39 bits per heavy atom. The molecule has 1 aliphatic rings. The highest BCUT2D eigenvalue weighted by atomic mass is 16.5. The van der Waals surface area contributed by atoms with Crippen LogP contribution in [0.2, 0.25) is 0 Å². The van der Waals surface area contributed by atoms with Crippen molar-refractivity contribution < 1.29 is 14.9 Å². The Morgan fingerprint density at radius 2 is 2.22 bits per heavy atom. The molecule has 0 aliphatic heterocycles. The first kappa shape index (κ1) is 13.4. The van der Waals surface area contributed by atoms with Gasteiger partial charge in [0.05, 0.1) is 13.2 Å². The smallest absolute Gasteiger partial charge is 0.119 e. The molecule has 3 nitrogen and oxygen atoms in total. The van der Waals surface area contributed by atoms with Crippen LogP contribution in [-0.4, -0.2) is 30.0 Å². The van der Waals surface area contributed by atoms with E-state index in [-0.39, 0.29) is 18.1 Å². The summed E-state index contributed by atoms with van der Waals surface area (Å²) in [4.78, 5) is 0. The van der Waals surface area contributed by atoms with Gasteiger partial charge in [0.2, 0.25) is 0 Å². The molecule has 1 aromatic rings. The average Bonchev–Trinajstić information content (AvgIpc) is 2.42. The Balaban J connectivity index is 2.38. The Labute approximate surface area is 108 Å². The molecule has 1 saturated carbocycles. The van der Waals surface area contributed by atoms with E-state index in [4.69, 9.17) is 4.74 Å². The third-order valence-electron chi connectivity index (χ3n) is 4.19. The van der Waals surface area contributed by atoms with Gasteiger partial charge in [-0.3, -0.25) is 0 Å². The Bertz CT molecular complexity index is 387. The summed E-state index contributed by atoms with van der Waals surface area (Å²) in [5, 5.41) is 19.8. The first-order valence-electron chi connectivity index (χ1n) is 6.66. The number of methoxy groups -OCH3 is 1. The minimum atomic E-state index is -0.370. The van der Waals surface area contributed by atoms with Gasteiger partial charge in [0.25, 0.3) is 0 Å². The molecular formula is C15H22O3. The lowest BCUT2D eigenvalue weighted by Crippen LogP contribution is -2.43. The molecule has 0 saturated heterocycles. The minimum Gasteiger partial charge on any atom is -0.497 e. The van der Waals surface area contributed by atoms with Crippen molar-refractivity contribution in [2.45, 2.75) is 43.6 Å². The van der Waals surface area contributed by atoms with E-state index in [0.29, 0.717) is 6.42 Å². The summed E-state index contributed by atoms with van der Waals surface area (Å²) in [7, 11) is 1.65. The van der Waals surface area contributed by atoms with Crippen LogP contribution in [0.1, 0.15) is 37.7 Å². The highest BCUT2D eigenvalue weighted by Gasteiger charge is 2.40.